The van der Waals surface area contributed by atoms with Crippen molar-refractivity contribution < 1.29 is 14.3 Å². The van der Waals surface area contributed by atoms with Gasteiger partial charge in [0.15, 0.2) is 6.10 Å². The summed E-state index contributed by atoms with van der Waals surface area (Å²) in [5.74, 6) is -0.412. The average molecular weight is 287 g/mol. The highest BCUT2D eigenvalue weighted by molar-refractivity contribution is 5.85. The van der Waals surface area contributed by atoms with Crippen LogP contribution in [-0.2, 0) is 14.3 Å². The summed E-state index contributed by atoms with van der Waals surface area (Å²) < 4.78 is 10.8. The number of pyridine rings is 1. The third-order valence-electron chi connectivity index (χ3n) is 3.25. The molecule has 0 spiro atoms. The molecule has 0 radical (unpaired) electrons. The van der Waals surface area contributed by atoms with Crippen LogP contribution in [0, 0.1) is 6.92 Å². The molecule has 0 amide bonds. The lowest BCUT2D eigenvalue weighted by Crippen LogP contribution is -2.28. The zero-order valence-corrected chi connectivity index (χ0v) is 13.1. The normalized spacial score (nSPS) is 13.2. The van der Waals surface area contributed by atoms with E-state index in [9.17, 15) is 4.79 Å². The molecule has 0 fully saturated rings. The molecule has 21 heavy (non-hydrogen) atoms. The van der Waals surface area contributed by atoms with Crippen molar-refractivity contribution in [3.8, 4) is 0 Å². The van der Waals surface area contributed by atoms with Gasteiger partial charge in [-0.25, -0.2) is 4.79 Å². The molecule has 2 aromatic rings. The summed E-state index contributed by atoms with van der Waals surface area (Å²) in [4.78, 5) is 16.5. The van der Waals surface area contributed by atoms with E-state index in [0.717, 1.165) is 22.0 Å². The fraction of sp³-hybridized carbons (Fsp3) is 0.412. The maximum Gasteiger partial charge on any atom is 0.339 e. The van der Waals surface area contributed by atoms with Crippen molar-refractivity contribution in [1.29, 1.82) is 0 Å². The molecule has 1 aromatic carbocycles. The Kier molecular flexibility index (Phi) is 4.28. The zero-order valence-electron chi connectivity index (χ0n) is 13.1. The van der Waals surface area contributed by atoms with Gasteiger partial charge in [0.25, 0.3) is 0 Å². The minimum atomic E-state index is -0.771. The molecule has 0 bridgehead atoms. The van der Waals surface area contributed by atoms with Crippen LogP contribution >= 0.6 is 0 Å². The van der Waals surface area contributed by atoms with E-state index in [-0.39, 0.29) is 0 Å². The Balaban J connectivity index is 2.54. The van der Waals surface area contributed by atoms with Crippen LogP contribution < -0.4 is 0 Å². The van der Waals surface area contributed by atoms with Crippen LogP contribution in [0.2, 0.25) is 0 Å². The number of ether oxygens (including phenoxy) is 2. The van der Waals surface area contributed by atoms with Crippen molar-refractivity contribution in [1.82, 2.24) is 4.98 Å². The number of esters is 1. The van der Waals surface area contributed by atoms with E-state index in [4.69, 9.17) is 9.47 Å². The van der Waals surface area contributed by atoms with Crippen LogP contribution in [-0.4, -0.2) is 23.7 Å². The lowest BCUT2D eigenvalue weighted by atomic mass is 10.0. The van der Waals surface area contributed by atoms with E-state index in [1.807, 2.05) is 52.0 Å². The quantitative estimate of drug-likeness (QED) is 0.810. The number of benzene rings is 1. The first-order valence-corrected chi connectivity index (χ1v) is 6.93. The second-order valence-electron chi connectivity index (χ2n) is 5.99. The highest BCUT2D eigenvalue weighted by Crippen LogP contribution is 2.30. The Labute approximate surface area is 125 Å². The van der Waals surface area contributed by atoms with Gasteiger partial charge in [-0.1, -0.05) is 18.2 Å². The smallest absolute Gasteiger partial charge is 0.339 e. The molecule has 4 nitrogen and oxygen atoms in total. The number of rotatable bonds is 3. The van der Waals surface area contributed by atoms with E-state index in [1.165, 1.54) is 7.11 Å². The average Bonchev–Trinajstić information content (AvgIpc) is 2.44. The summed E-state index contributed by atoms with van der Waals surface area (Å²) in [5, 5.41) is 1.02. The fourth-order valence-electron chi connectivity index (χ4n) is 2.26. The van der Waals surface area contributed by atoms with Gasteiger partial charge in [0.05, 0.1) is 18.2 Å². The van der Waals surface area contributed by atoms with E-state index in [1.54, 1.807) is 6.20 Å². The third-order valence-corrected chi connectivity index (χ3v) is 3.25. The summed E-state index contributed by atoms with van der Waals surface area (Å²) in [6.07, 6.45) is 0.928. The first-order chi connectivity index (χ1) is 9.83. The number of hydrogen-bond acceptors (Lipinski definition) is 4. The molecule has 4 heteroatoms. The van der Waals surface area contributed by atoms with Crippen molar-refractivity contribution in [3.63, 3.8) is 0 Å². The lowest BCUT2D eigenvalue weighted by Gasteiger charge is -2.27. The van der Waals surface area contributed by atoms with Gasteiger partial charge in [0.1, 0.15) is 0 Å². The molecule has 0 N–H and O–H groups in total. The zero-order chi connectivity index (χ0) is 15.6. The molecule has 1 aromatic heterocycles. The molecule has 2 rings (SSSR count). The molecule has 0 aliphatic carbocycles. The van der Waals surface area contributed by atoms with E-state index in [0.29, 0.717) is 0 Å². The lowest BCUT2D eigenvalue weighted by molar-refractivity contribution is -0.164. The van der Waals surface area contributed by atoms with Crippen LogP contribution in [0.15, 0.2) is 30.5 Å². The topological polar surface area (TPSA) is 48.4 Å². The number of carbonyl (C=O) groups is 1. The summed E-state index contributed by atoms with van der Waals surface area (Å²) in [5.41, 5.74) is 2.17. The molecule has 0 aliphatic rings. The van der Waals surface area contributed by atoms with Crippen LogP contribution in [0.1, 0.15) is 38.0 Å². The van der Waals surface area contributed by atoms with E-state index in [2.05, 4.69) is 4.98 Å². The summed E-state index contributed by atoms with van der Waals surface area (Å²) in [7, 11) is 1.37. The molecule has 0 saturated carbocycles. The number of para-hydroxylation sites is 1. The van der Waals surface area contributed by atoms with Crippen LogP contribution in [0.5, 0.6) is 0 Å². The highest BCUT2D eigenvalue weighted by atomic mass is 16.6. The number of carbonyl (C=O) groups excluding carboxylic acids is 1. The van der Waals surface area contributed by atoms with Gasteiger partial charge in [-0.2, -0.15) is 0 Å². The van der Waals surface area contributed by atoms with Crippen molar-refractivity contribution >= 4 is 16.9 Å². The first-order valence-electron chi connectivity index (χ1n) is 6.93. The Morgan fingerprint density at radius 1 is 1.24 bits per heavy atom. The maximum atomic E-state index is 12.1. The maximum absolute atomic E-state index is 12.1. The van der Waals surface area contributed by atoms with Crippen molar-refractivity contribution in [2.24, 2.45) is 0 Å². The number of methoxy groups -OCH3 is 1. The second kappa shape index (κ2) is 5.82. The van der Waals surface area contributed by atoms with Crippen molar-refractivity contribution in [3.05, 3.63) is 41.6 Å². The predicted molar refractivity (Wildman–Crippen MR) is 82.1 cm³/mol. The summed E-state index contributed by atoms with van der Waals surface area (Å²) >= 11 is 0. The molecule has 1 atom stereocenters. The Hall–Kier alpha value is -1.94. The number of aryl methyl sites for hydroxylation is 1. The van der Waals surface area contributed by atoms with Crippen LogP contribution in [0.25, 0.3) is 10.9 Å². The van der Waals surface area contributed by atoms with Gasteiger partial charge in [0, 0.05) is 17.1 Å². The first kappa shape index (κ1) is 15.4. The highest BCUT2D eigenvalue weighted by Gasteiger charge is 2.29. The molecule has 112 valence electrons. The van der Waals surface area contributed by atoms with Gasteiger partial charge in [-0.15, -0.1) is 0 Å². The largest absolute Gasteiger partial charge is 0.467 e. The minimum Gasteiger partial charge on any atom is -0.467 e. The van der Waals surface area contributed by atoms with Crippen molar-refractivity contribution in [2.75, 3.05) is 7.11 Å². The minimum absolute atomic E-state index is 0.412. The van der Waals surface area contributed by atoms with E-state index >= 15 is 0 Å². The summed E-state index contributed by atoms with van der Waals surface area (Å²) in [6, 6.07) is 7.84. The number of fused-ring (bicyclic) bond motifs is 1. The monoisotopic (exact) mass is 287 g/mol. The standard InChI is InChI=1S/C17H21NO3/c1-11-12-8-6-7-9-14(12)18-10-13(11)15(16(19)20-5)21-17(2,3)4/h6-10,15H,1-5H3/t15-/m0/s1. The van der Waals surface area contributed by atoms with E-state index < -0.39 is 17.7 Å². The predicted octanol–water partition coefficient (Wildman–Crippen LogP) is 3.57. The third kappa shape index (κ3) is 3.39. The van der Waals surface area contributed by atoms with Gasteiger partial charge in [-0.3, -0.25) is 4.98 Å². The molecule has 1 heterocycles. The SMILES string of the molecule is COC(=O)[C@@H](OC(C)(C)C)c1cnc2ccccc2c1C. The van der Waals surface area contributed by atoms with Gasteiger partial charge in [-0.05, 0) is 39.3 Å². The van der Waals surface area contributed by atoms with Crippen molar-refractivity contribution in [2.45, 2.75) is 39.4 Å². The molecular weight excluding hydrogens is 266 g/mol. The molecule has 0 aliphatic heterocycles. The van der Waals surface area contributed by atoms with Gasteiger partial charge < -0.3 is 9.47 Å². The number of nitrogens with zero attached hydrogens (tertiary/aromatic N) is 1. The van der Waals surface area contributed by atoms with Crippen LogP contribution in [0.3, 0.4) is 0 Å². The molecule has 0 unspecified atom stereocenters. The second-order valence-corrected chi connectivity index (χ2v) is 5.99. The molecule has 0 saturated heterocycles. The fourth-order valence-corrected chi connectivity index (χ4v) is 2.26. The van der Waals surface area contributed by atoms with Gasteiger partial charge >= 0.3 is 5.97 Å². The summed E-state index contributed by atoms with van der Waals surface area (Å²) in [6.45, 7) is 7.70. The Morgan fingerprint density at radius 3 is 2.52 bits per heavy atom. The van der Waals surface area contributed by atoms with Gasteiger partial charge in [0.2, 0.25) is 0 Å². The Morgan fingerprint density at radius 2 is 1.90 bits per heavy atom. The Bertz CT molecular complexity index is 659. The van der Waals surface area contributed by atoms with Crippen LogP contribution in [0.4, 0.5) is 0 Å². The molecular formula is C17H21NO3. The number of hydrogen-bond donors (Lipinski definition) is 0. The number of aromatic nitrogens is 1.